The molecule has 84 valence electrons. The number of rotatable bonds is 7. The molecule has 3 unspecified atom stereocenters. The van der Waals surface area contributed by atoms with Crippen molar-refractivity contribution < 1.29 is 15.0 Å². The molecular weight excluding hydrogens is 182 g/mol. The summed E-state index contributed by atoms with van der Waals surface area (Å²) in [6.07, 6.45) is 1.57. The van der Waals surface area contributed by atoms with E-state index in [-0.39, 0.29) is 18.7 Å². The van der Waals surface area contributed by atoms with E-state index in [4.69, 9.17) is 10.2 Å². The lowest BCUT2D eigenvalue weighted by atomic mass is 10.0. The van der Waals surface area contributed by atoms with E-state index >= 15 is 0 Å². The minimum Gasteiger partial charge on any atom is -0.481 e. The smallest absolute Gasteiger partial charge is 0.307 e. The Bertz CT molecular complexity index is 173. The Labute approximate surface area is 85.3 Å². The molecule has 0 aliphatic rings. The van der Waals surface area contributed by atoms with Gasteiger partial charge in [-0.3, -0.25) is 4.79 Å². The average Bonchev–Trinajstić information content (AvgIpc) is 2.15. The second-order valence-corrected chi connectivity index (χ2v) is 3.70. The third kappa shape index (κ3) is 4.58. The van der Waals surface area contributed by atoms with Crippen LogP contribution >= 0.6 is 0 Å². The van der Waals surface area contributed by atoms with E-state index in [9.17, 15) is 4.79 Å². The van der Waals surface area contributed by atoms with Gasteiger partial charge in [-0.15, -0.1) is 0 Å². The average molecular weight is 203 g/mol. The molecule has 0 rings (SSSR count). The Morgan fingerprint density at radius 2 is 2.00 bits per heavy atom. The minimum absolute atomic E-state index is 0.0657. The molecule has 3 atom stereocenters. The maximum Gasteiger partial charge on any atom is 0.307 e. The van der Waals surface area contributed by atoms with Crippen molar-refractivity contribution in [2.75, 3.05) is 6.61 Å². The van der Waals surface area contributed by atoms with E-state index in [2.05, 4.69) is 5.32 Å². The Balaban J connectivity index is 4.00. The predicted octanol–water partition coefficient (Wildman–Crippen LogP) is 0.846. The summed E-state index contributed by atoms with van der Waals surface area (Å²) in [5.41, 5.74) is 0. The molecule has 4 nitrogen and oxygen atoms in total. The lowest BCUT2D eigenvalue weighted by molar-refractivity contribution is -0.142. The molecule has 0 spiro atoms. The van der Waals surface area contributed by atoms with Crippen molar-refractivity contribution in [2.24, 2.45) is 5.92 Å². The molecule has 0 bridgehead atoms. The van der Waals surface area contributed by atoms with Crippen molar-refractivity contribution >= 4 is 5.97 Å². The summed E-state index contributed by atoms with van der Waals surface area (Å²) < 4.78 is 0. The van der Waals surface area contributed by atoms with Crippen LogP contribution in [0.1, 0.15) is 33.6 Å². The highest BCUT2D eigenvalue weighted by molar-refractivity contribution is 5.70. The monoisotopic (exact) mass is 203 g/mol. The first kappa shape index (κ1) is 13.4. The fourth-order valence-corrected chi connectivity index (χ4v) is 1.29. The van der Waals surface area contributed by atoms with Crippen molar-refractivity contribution in [2.45, 2.75) is 45.7 Å². The van der Waals surface area contributed by atoms with Gasteiger partial charge in [-0.2, -0.15) is 0 Å². The molecule has 0 aliphatic carbocycles. The van der Waals surface area contributed by atoms with Crippen LogP contribution in [0.3, 0.4) is 0 Å². The molecule has 0 heterocycles. The number of hydrogen-bond acceptors (Lipinski definition) is 3. The Morgan fingerprint density at radius 3 is 2.36 bits per heavy atom. The summed E-state index contributed by atoms with van der Waals surface area (Å²) in [7, 11) is 0. The molecule has 0 saturated carbocycles. The Hall–Kier alpha value is -0.610. The summed E-state index contributed by atoms with van der Waals surface area (Å²) in [5.74, 6) is -1.19. The quantitative estimate of drug-likeness (QED) is 0.573. The number of nitrogens with one attached hydrogen (secondary N) is 1. The maximum atomic E-state index is 10.7. The maximum absolute atomic E-state index is 10.7. The standard InChI is InChI=1S/C10H21NO3/c1-4-9(5-6-12)11-8(3)7(2)10(13)14/h7-9,11-12H,4-6H2,1-3H3,(H,13,14). The number of aliphatic hydroxyl groups is 1. The molecule has 3 N–H and O–H groups in total. The summed E-state index contributed by atoms with van der Waals surface area (Å²) in [6.45, 7) is 5.70. The van der Waals surface area contributed by atoms with Gasteiger partial charge in [-0.1, -0.05) is 13.8 Å². The van der Waals surface area contributed by atoms with Gasteiger partial charge in [0.15, 0.2) is 0 Å². The van der Waals surface area contributed by atoms with Crippen LogP contribution in [0.5, 0.6) is 0 Å². The highest BCUT2D eigenvalue weighted by Crippen LogP contribution is 2.06. The Morgan fingerprint density at radius 1 is 1.43 bits per heavy atom. The van der Waals surface area contributed by atoms with Crippen LogP contribution in [0, 0.1) is 5.92 Å². The van der Waals surface area contributed by atoms with Gasteiger partial charge in [-0.25, -0.2) is 0 Å². The summed E-state index contributed by atoms with van der Waals surface area (Å²) in [4.78, 5) is 10.7. The van der Waals surface area contributed by atoms with Crippen LogP contribution in [0.25, 0.3) is 0 Å². The normalized spacial score (nSPS) is 17.4. The van der Waals surface area contributed by atoms with Crippen LogP contribution in [0.2, 0.25) is 0 Å². The number of carboxylic acid groups (broad SMARTS) is 1. The molecule has 0 radical (unpaired) electrons. The fourth-order valence-electron chi connectivity index (χ4n) is 1.29. The molecule has 0 amide bonds. The molecule has 0 aromatic rings. The van der Waals surface area contributed by atoms with Gasteiger partial charge in [0, 0.05) is 18.7 Å². The van der Waals surface area contributed by atoms with Crippen LogP contribution in [0.4, 0.5) is 0 Å². The first-order chi connectivity index (χ1) is 6.52. The molecule has 0 saturated heterocycles. The molecule has 0 aromatic carbocycles. The van der Waals surface area contributed by atoms with E-state index < -0.39 is 11.9 Å². The first-order valence-corrected chi connectivity index (χ1v) is 5.12. The SMILES string of the molecule is CCC(CCO)NC(C)C(C)C(=O)O. The number of hydrogen-bond donors (Lipinski definition) is 3. The molecule has 0 aliphatic heterocycles. The third-order valence-corrected chi connectivity index (χ3v) is 2.61. The lowest BCUT2D eigenvalue weighted by Crippen LogP contribution is -2.42. The van der Waals surface area contributed by atoms with E-state index in [0.717, 1.165) is 6.42 Å². The van der Waals surface area contributed by atoms with Crippen molar-refractivity contribution in [3.05, 3.63) is 0 Å². The number of aliphatic carboxylic acids is 1. The van der Waals surface area contributed by atoms with E-state index in [1.54, 1.807) is 6.92 Å². The Kier molecular flexibility index (Phi) is 6.49. The van der Waals surface area contributed by atoms with E-state index in [1.165, 1.54) is 0 Å². The lowest BCUT2D eigenvalue weighted by Gasteiger charge is -2.24. The van der Waals surface area contributed by atoms with Crippen LogP contribution in [0.15, 0.2) is 0 Å². The van der Waals surface area contributed by atoms with Crippen molar-refractivity contribution in [3.63, 3.8) is 0 Å². The van der Waals surface area contributed by atoms with Crippen LogP contribution < -0.4 is 5.32 Å². The van der Waals surface area contributed by atoms with Gasteiger partial charge in [0.1, 0.15) is 0 Å². The minimum atomic E-state index is -0.788. The van der Waals surface area contributed by atoms with Gasteiger partial charge in [0.2, 0.25) is 0 Å². The van der Waals surface area contributed by atoms with E-state index in [0.29, 0.717) is 6.42 Å². The fraction of sp³-hybridized carbons (Fsp3) is 0.900. The van der Waals surface area contributed by atoms with Crippen molar-refractivity contribution in [1.82, 2.24) is 5.32 Å². The molecule has 0 aromatic heterocycles. The zero-order chi connectivity index (χ0) is 11.1. The summed E-state index contributed by atoms with van der Waals surface area (Å²) in [5, 5.41) is 20.8. The first-order valence-electron chi connectivity index (χ1n) is 5.12. The highest BCUT2D eigenvalue weighted by atomic mass is 16.4. The predicted molar refractivity (Wildman–Crippen MR) is 55.2 cm³/mol. The summed E-state index contributed by atoms with van der Waals surface area (Å²) in [6, 6.07) is 0.140. The number of carboxylic acids is 1. The van der Waals surface area contributed by atoms with E-state index in [1.807, 2.05) is 13.8 Å². The topological polar surface area (TPSA) is 69.6 Å². The molecular formula is C10H21NO3. The van der Waals surface area contributed by atoms with Crippen LogP contribution in [-0.2, 0) is 4.79 Å². The van der Waals surface area contributed by atoms with Gasteiger partial charge < -0.3 is 15.5 Å². The highest BCUT2D eigenvalue weighted by Gasteiger charge is 2.21. The van der Waals surface area contributed by atoms with Gasteiger partial charge in [-0.05, 0) is 19.8 Å². The molecule has 0 fully saturated rings. The third-order valence-electron chi connectivity index (χ3n) is 2.61. The van der Waals surface area contributed by atoms with Crippen molar-refractivity contribution in [1.29, 1.82) is 0 Å². The molecule has 4 heteroatoms. The summed E-state index contributed by atoms with van der Waals surface area (Å²) >= 11 is 0. The largest absolute Gasteiger partial charge is 0.481 e. The number of aliphatic hydroxyl groups excluding tert-OH is 1. The number of carbonyl (C=O) groups is 1. The van der Waals surface area contributed by atoms with Gasteiger partial charge in [0.25, 0.3) is 0 Å². The van der Waals surface area contributed by atoms with Gasteiger partial charge in [0.05, 0.1) is 5.92 Å². The van der Waals surface area contributed by atoms with Crippen LogP contribution in [-0.4, -0.2) is 34.9 Å². The zero-order valence-electron chi connectivity index (χ0n) is 9.16. The molecule has 14 heavy (non-hydrogen) atoms. The zero-order valence-corrected chi connectivity index (χ0v) is 9.16. The van der Waals surface area contributed by atoms with Crippen molar-refractivity contribution in [3.8, 4) is 0 Å². The second-order valence-electron chi connectivity index (χ2n) is 3.70. The van der Waals surface area contributed by atoms with Gasteiger partial charge >= 0.3 is 5.97 Å². The second kappa shape index (κ2) is 6.79.